The van der Waals surface area contributed by atoms with Crippen molar-refractivity contribution in [2.75, 3.05) is 0 Å². The molecule has 1 rings (SSSR count). The van der Waals surface area contributed by atoms with E-state index in [-0.39, 0.29) is 0 Å². The molecule has 0 spiro atoms. The van der Waals surface area contributed by atoms with E-state index in [0.29, 0.717) is 5.92 Å². The molecule has 0 nitrogen and oxygen atoms in total. The van der Waals surface area contributed by atoms with Crippen LogP contribution in [0.3, 0.4) is 0 Å². The van der Waals surface area contributed by atoms with E-state index in [0.717, 1.165) is 17.8 Å². The second kappa shape index (κ2) is 7.74. The summed E-state index contributed by atoms with van der Waals surface area (Å²) >= 11 is 0. The van der Waals surface area contributed by atoms with Crippen LogP contribution in [-0.2, 0) is 0 Å². The van der Waals surface area contributed by atoms with Crippen LogP contribution in [-0.4, -0.2) is 0 Å². The molecule has 2 atom stereocenters. The molecule has 0 N–H and O–H groups in total. The highest BCUT2D eigenvalue weighted by molar-refractivity contribution is 4.89. The van der Waals surface area contributed by atoms with Gasteiger partial charge in [0.2, 0.25) is 0 Å². The lowest BCUT2D eigenvalue weighted by Gasteiger charge is -2.31. The van der Waals surface area contributed by atoms with Gasteiger partial charge in [-0.15, -0.1) is 6.58 Å². The van der Waals surface area contributed by atoms with Gasteiger partial charge in [0, 0.05) is 0 Å². The minimum atomic E-state index is 0.691. The first-order chi connectivity index (χ1) is 8.17. The first kappa shape index (κ1) is 14.5. The summed E-state index contributed by atoms with van der Waals surface area (Å²) < 4.78 is 0. The highest BCUT2D eigenvalue weighted by Crippen LogP contribution is 2.36. The van der Waals surface area contributed by atoms with E-state index in [4.69, 9.17) is 0 Å². The van der Waals surface area contributed by atoms with Crippen LogP contribution in [0.2, 0.25) is 0 Å². The number of rotatable bonds is 6. The Hall–Kier alpha value is -0.520. The maximum Gasteiger partial charge on any atom is -0.0233 e. The fourth-order valence-electron chi connectivity index (χ4n) is 3.06. The van der Waals surface area contributed by atoms with E-state index in [1.165, 1.54) is 38.5 Å². The topological polar surface area (TPSA) is 0 Å². The third-order valence-corrected chi connectivity index (χ3v) is 4.57. The third-order valence-electron chi connectivity index (χ3n) is 4.57. The van der Waals surface area contributed by atoms with Crippen LogP contribution in [0.25, 0.3) is 0 Å². The normalized spacial score (nSPS) is 29.1. The molecule has 0 aromatic carbocycles. The van der Waals surface area contributed by atoms with Crippen LogP contribution in [0.15, 0.2) is 24.8 Å². The van der Waals surface area contributed by atoms with Gasteiger partial charge in [0.15, 0.2) is 0 Å². The zero-order chi connectivity index (χ0) is 12.7. The molecule has 0 heteroatoms. The lowest BCUT2D eigenvalue weighted by atomic mass is 9.74. The smallest absolute Gasteiger partial charge is 0.0233 e. The Balaban J connectivity index is 2.25. The summed E-state index contributed by atoms with van der Waals surface area (Å²) in [7, 11) is 0. The van der Waals surface area contributed by atoms with E-state index >= 15 is 0 Å². The van der Waals surface area contributed by atoms with Gasteiger partial charge in [0.25, 0.3) is 0 Å². The molecular weight excluding hydrogens is 204 g/mol. The molecule has 0 amide bonds. The van der Waals surface area contributed by atoms with Crippen LogP contribution in [0, 0.1) is 23.7 Å². The summed E-state index contributed by atoms with van der Waals surface area (Å²) in [6.45, 7) is 10.8. The predicted octanol–water partition coefficient (Wildman–Crippen LogP) is 5.61. The molecule has 1 aliphatic rings. The molecule has 1 saturated carbocycles. The molecule has 1 aliphatic carbocycles. The molecule has 0 radical (unpaired) electrons. The molecule has 0 heterocycles. The maximum absolute atomic E-state index is 3.87. The fraction of sp³-hybridized carbons (Fsp3) is 0.765. The van der Waals surface area contributed by atoms with Gasteiger partial charge in [-0.05, 0) is 69.1 Å². The van der Waals surface area contributed by atoms with Crippen molar-refractivity contribution in [1.29, 1.82) is 0 Å². The molecule has 1 fully saturated rings. The Morgan fingerprint density at radius 3 is 2.29 bits per heavy atom. The van der Waals surface area contributed by atoms with E-state index in [2.05, 4.69) is 45.6 Å². The molecule has 0 saturated heterocycles. The third kappa shape index (κ3) is 5.10. The minimum Gasteiger partial charge on any atom is -0.103 e. The Kier molecular flexibility index (Phi) is 6.62. The van der Waals surface area contributed by atoms with Crippen molar-refractivity contribution in [3.63, 3.8) is 0 Å². The van der Waals surface area contributed by atoms with Crippen LogP contribution >= 0.6 is 0 Å². The average molecular weight is 234 g/mol. The zero-order valence-corrected chi connectivity index (χ0v) is 12.0. The number of hydrogen-bond acceptors (Lipinski definition) is 0. The van der Waals surface area contributed by atoms with Gasteiger partial charge >= 0.3 is 0 Å². The lowest BCUT2D eigenvalue weighted by Crippen LogP contribution is -2.19. The van der Waals surface area contributed by atoms with Crippen molar-refractivity contribution in [1.82, 2.24) is 0 Å². The van der Waals surface area contributed by atoms with Crippen molar-refractivity contribution in [3.8, 4) is 0 Å². The van der Waals surface area contributed by atoms with E-state index < -0.39 is 0 Å². The van der Waals surface area contributed by atoms with Gasteiger partial charge in [-0.25, -0.2) is 0 Å². The second-order valence-corrected chi connectivity index (χ2v) is 5.97. The summed E-state index contributed by atoms with van der Waals surface area (Å²) in [5.74, 6) is 3.45. The van der Waals surface area contributed by atoms with E-state index in [9.17, 15) is 0 Å². The second-order valence-electron chi connectivity index (χ2n) is 5.97. The largest absolute Gasteiger partial charge is 0.103 e. The summed E-state index contributed by atoms with van der Waals surface area (Å²) in [5.41, 5.74) is 0. The van der Waals surface area contributed by atoms with Gasteiger partial charge in [0.05, 0.1) is 0 Å². The van der Waals surface area contributed by atoms with Crippen LogP contribution in [0.5, 0.6) is 0 Å². The van der Waals surface area contributed by atoms with Gasteiger partial charge < -0.3 is 0 Å². The monoisotopic (exact) mass is 234 g/mol. The highest BCUT2D eigenvalue weighted by atomic mass is 14.3. The first-order valence-electron chi connectivity index (χ1n) is 7.42. The van der Waals surface area contributed by atoms with Crippen LogP contribution < -0.4 is 0 Å². The van der Waals surface area contributed by atoms with E-state index in [1.807, 2.05) is 0 Å². The SMILES string of the molecule is C=CC(C)CCC(C)C1CCC(/C=C/C)CC1. The minimum absolute atomic E-state index is 0.691. The number of hydrogen-bond donors (Lipinski definition) is 0. The molecule has 0 aromatic heterocycles. The van der Waals surface area contributed by atoms with Crippen molar-refractivity contribution >= 4 is 0 Å². The van der Waals surface area contributed by atoms with Crippen LogP contribution in [0.1, 0.15) is 59.3 Å². The van der Waals surface area contributed by atoms with Crippen LogP contribution in [0.4, 0.5) is 0 Å². The van der Waals surface area contributed by atoms with Crippen molar-refractivity contribution in [2.45, 2.75) is 59.3 Å². The standard InChI is InChI=1S/C17H30/c1-5-7-16-10-12-17(13-11-16)15(4)9-8-14(3)6-2/h5-7,14-17H,2,8-13H2,1,3-4H3/b7-5+. The summed E-state index contributed by atoms with van der Waals surface area (Å²) in [4.78, 5) is 0. The van der Waals surface area contributed by atoms with Gasteiger partial charge in [-0.1, -0.05) is 32.1 Å². The fourth-order valence-corrected chi connectivity index (χ4v) is 3.06. The summed E-state index contributed by atoms with van der Waals surface area (Å²) in [5, 5.41) is 0. The average Bonchev–Trinajstić information content (AvgIpc) is 2.36. The molecular formula is C17H30. The zero-order valence-electron chi connectivity index (χ0n) is 12.0. The molecule has 2 unspecified atom stereocenters. The highest BCUT2D eigenvalue weighted by Gasteiger charge is 2.23. The Morgan fingerprint density at radius 1 is 1.12 bits per heavy atom. The molecule has 17 heavy (non-hydrogen) atoms. The molecule has 0 bridgehead atoms. The number of allylic oxidation sites excluding steroid dienone is 3. The molecule has 98 valence electrons. The quantitative estimate of drug-likeness (QED) is 0.524. The maximum atomic E-state index is 3.87. The van der Waals surface area contributed by atoms with Gasteiger partial charge in [-0.3, -0.25) is 0 Å². The Labute approximate surface area is 108 Å². The lowest BCUT2D eigenvalue weighted by molar-refractivity contribution is 0.220. The molecule has 0 aliphatic heterocycles. The van der Waals surface area contributed by atoms with Crippen molar-refractivity contribution < 1.29 is 0 Å². The summed E-state index contributed by atoms with van der Waals surface area (Å²) in [6, 6.07) is 0. The first-order valence-corrected chi connectivity index (χ1v) is 7.42. The Morgan fingerprint density at radius 2 is 1.76 bits per heavy atom. The summed E-state index contributed by atoms with van der Waals surface area (Å²) in [6.07, 6.45) is 15.1. The van der Waals surface area contributed by atoms with Gasteiger partial charge in [-0.2, -0.15) is 0 Å². The van der Waals surface area contributed by atoms with Crippen molar-refractivity contribution in [2.24, 2.45) is 23.7 Å². The van der Waals surface area contributed by atoms with Gasteiger partial charge in [0.1, 0.15) is 0 Å². The molecule has 0 aromatic rings. The Bertz CT molecular complexity index is 230. The van der Waals surface area contributed by atoms with E-state index in [1.54, 1.807) is 0 Å². The van der Waals surface area contributed by atoms with Crippen molar-refractivity contribution in [3.05, 3.63) is 24.8 Å². The predicted molar refractivity (Wildman–Crippen MR) is 78.0 cm³/mol.